The molecule has 2 aromatic carbocycles. The SMILES string of the molecule is CC(C)(C)OC(=O)[C@H](CC(=O)N[C@H]1CCOC1=O)NC(=O)[C@H](CC(=O)N[C@H]1CCOC1=O)NC(=O)OCC1c2ccccc2-c2ccccc21. The Morgan fingerprint density at radius 3 is 1.74 bits per heavy atom. The third kappa shape index (κ3) is 8.95. The third-order valence-corrected chi connectivity index (χ3v) is 8.28. The maximum atomic E-state index is 13.7. The van der Waals surface area contributed by atoms with Gasteiger partial charge in [-0.15, -0.1) is 0 Å². The molecule has 0 aromatic heterocycles. The Hall–Kier alpha value is -5.47. The number of carbonyl (C=O) groups excluding carboxylic acids is 7. The second kappa shape index (κ2) is 15.4. The van der Waals surface area contributed by atoms with E-state index in [0.29, 0.717) is 0 Å². The van der Waals surface area contributed by atoms with Gasteiger partial charge >= 0.3 is 24.0 Å². The fourth-order valence-corrected chi connectivity index (χ4v) is 5.96. The van der Waals surface area contributed by atoms with Gasteiger partial charge in [-0.05, 0) is 43.0 Å². The number of hydrogen-bond donors (Lipinski definition) is 4. The van der Waals surface area contributed by atoms with Gasteiger partial charge in [0.2, 0.25) is 17.7 Å². The summed E-state index contributed by atoms with van der Waals surface area (Å²) in [5.41, 5.74) is 2.95. The molecule has 0 spiro atoms. The molecule has 2 heterocycles. The fourth-order valence-electron chi connectivity index (χ4n) is 5.96. The maximum absolute atomic E-state index is 13.7. The standard InChI is InChI=1S/C35H40N4O11/c1-35(2,3)50-33(45)27(17-29(41)37-25-13-15-48-32(25)44)38-30(42)26(16-28(40)36-24-12-14-47-31(24)43)39-34(46)49-18-23-21-10-6-4-8-19(21)20-9-5-7-11-22(20)23/h4-11,23-27H,12-18H2,1-3H3,(H,36,40)(H,37,41)(H,38,42)(H,39,46)/t24-,25-,26-,27-/m0/s1. The lowest BCUT2D eigenvalue weighted by Crippen LogP contribution is -2.55. The molecule has 15 heteroatoms. The predicted octanol–water partition coefficient (Wildman–Crippen LogP) is 1.36. The highest BCUT2D eigenvalue weighted by Gasteiger charge is 2.36. The van der Waals surface area contributed by atoms with Crippen LogP contribution >= 0.6 is 0 Å². The van der Waals surface area contributed by atoms with Crippen molar-refractivity contribution < 1.29 is 52.5 Å². The van der Waals surface area contributed by atoms with Gasteiger partial charge in [-0.1, -0.05) is 48.5 Å². The van der Waals surface area contributed by atoms with Gasteiger partial charge in [-0.2, -0.15) is 0 Å². The summed E-state index contributed by atoms with van der Waals surface area (Å²) in [6.45, 7) is 4.94. The average molecular weight is 693 g/mol. The van der Waals surface area contributed by atoms with E-state index in [4.69, 9.17) is 18.9 Å². The summed E-state index contributed by atoms with van der Waals surface area (Å²) in [7, 11) is 0. The predicted molar refractivity (Wildman–Crippen MR) is 174 cm³/mol. The summed E-state index contributed by atoms with van der Waals surface area (Å²) >= 11 is 0. The number of nitrogens with one attached hydrogen (secondary N) is 4. The summed E-state index contributed by atoms with van der Waals surface area (Å²) < 4.78 is 20.7. The van der Waals surface area contributed by atoms with Crippen LogP contribution in [0.2, 0.25) is 0 Å². The molecular weight excluding hydrogens is 652 g/mol. The zero-order chi connectivity index (χ0) is 36.0. The zero-order valence-corrected chi connectivity index (χ0v) is 27.9. The van der Waals surface area contributed by atoms with Crippen LogP contribution in [0.4, 0.5) is 4.79 Å². The van der Waals surface area contributed by atoms with E-state index in [1.807, 2.05) is 48.5 Å². The van der Waals surface area contributed by atoms with Gasteiger partial charge in [0.25, 0.3) is 0 Å². The average Bonchev–Trinajstić information content (AvgIpc) is 3.75. The highest BCUT2D eigenvalue weighted by Crippen LogP contribution is 2.44. The van der Waals surface area contributed by atoms with Crippen molar-refractivity contribution in [1.29, 1.82) is 0 Å². The van der Waals surface area contributed by atoms with Gasteiger partial charge in [0.1, 0.15) is 36.4 Å². The van der Waals surface area contributed by atoms with Crippen molar-refractivity contribution in [3.63, 3.8) is 0 Å². The van der Waals surface area contributed by atoms with Crippen LogP contribution < -0.4 is 21.3 Å². The van der Waals surface area contributed by atoms with E-state index in [2.05, 4.69) is 21.3 Å². The van der Waals surface area contributed by atoms with E-state index < -0.39 is 84.3 Å². The van der Waals surface area contributed by atoms with Gasteiger partial charge in [0.05, 0.1) is 26.1 Å². The molecule has 0 radical (unpaired) electrons. The molecule has 4 atom stereocenters. The van der Waals surface area contributed by atoms with Crippen molar-refractivity contribution in [2.45, 2.75) is 82.1 Å². The van der Waals surface area contributed by atoms with Crippen molar-refractivity contribution in [3.8, 4) is 11.1 Å². The highest BCUT2D eigenvalue weighted by molar-refractivity contribution is 5.96. The number of carbonyl (C=O) groups is 7. The molecule has 4 amide bonds. The molecule has 266 valence electrons. The molecule has 0 saturated carbocycles. The molecule has 1 aliphatic carbocycles. The Morgan fingerprint density at radius 2 is 1.26 bits per heavy atom. The van der Waals surface area contributed by atoms with Crippen molar-refractivity contribution in [3.05, 3.63) is 59.7 Å². The molecule has 2 saturated heterocycles. The number of ether oxygens (including phenoxy) is 4. The largest absolute Gasteiger partial charge is 0.464 e. The zero-order valence-electron chi connectivity index (χ0n) is 27.9. The summed E-state index contributed by atoms with van der Waals surface area (Å²) in [6, 6.07) is 10.4. The Balaban J connectivity index is 1.30. The third-order valence-electron chi connectivity index (χ3n) is 8.28. The van der Waals surface area contributed by atoms with Crippen LogP contribution in [-0.2, 0) is 47.7 Å². The van der Waals surface area contributed by atoms with Crippen LogP contribution in [0.5, 0.6) is 0 Å². The lowest BCUT2D eigenvalue weighted by atomic mass is 9.98. The molecule has 4 N–H and O–H groups in total. The quantitative estimate of drug-likeness (QED) is 0.185. The lowest BCUT2D eigenvalue weighted by Gasteiger charge is -2.26. The number of esters is 3. The van der Waals surface area contributed by atoms with Crippen LogP contribution in [0.25, 0.3) is 11.1 Å². The lowest BCUT2D eigenvalue weighted by molar-refractivity contribution is -0.159. The number of benzene rings is 2. The van der Waals surface area contributed by atoms with E-state index >= 15 is 0 Å². The molecule has 2 aromatic rings. The van der Waals surface area contributed by atoms with Crippen LogP contribution in [-0.4, -0.2) is 91.3 Å². The Bertz CT molecular complexity index is 1620. The summed E-state index contributed by atoms with van der Waals surface area (Å²) in [4.78, 5) is 89.8. The van der Waals surface area contributed by atoms with Gasteiger partial charge in [-0.3, -0.25) is 14.4 Å². The minimum Gasteiger partial charge on any atom is -0.464 e. The molecule has 5 rings (SSSR count). The first-order valence-corrected chi connectivity index (χ1v) is 16.4. The topological polar surface area (TPSA) is 205 Å². The number of alkyl carbamates (subject to hydrolysis) is 1. The monoisotopic (exact) mass is 692 g/mol. The fraction of sp³-hybridized carbons (Fsp3) is 0.457. The van der Waals surface area contributed by atoms with E-state index in [1.165, 1.54) is 0 Å². The molecular formula is C35H40N4O11. The molecule has 15 nitrogen and oxygen atoms in total. The maximum Gasteiger partial charge on any atom is 0.407 e. The van der Waals surface area contributed by atoms with Gasteiger partial charge in [-0.25, -0.2) is 19.2 Å². The number of fused-ring (bicyclic) bond motifs is 3. The van der Waals surface area contributed by atoms with Gasteiger partial charge in [0, 0.05) is 18.8 Å². The smallest absolute Gasteiger partial charge is 0.407 e. The van der Waals surface area contributed by atoms with E-state index in [9.17, 15) is 33.6 Å². The van der Waals surface area contributed by atoms with Crippen molar-refractivity contribution in [1.82, 2.24) is 21.3 Å². The molecule has 3 aliphatic rings. The van der Waals surface area contributed by atoms with Gasteiger partial charge < -0.3 is 40.2 Å². The van der Waals surface area contributed by atoms with Crippen molar-refractivity contribution >= 4 is 41.7 Å². The first kappa shape index (κ1) is 35.8. The Kier molecular flexibility index (Phi) is 11.0. The van der Waals surface area contributed by atoms with Crippen LogP contribution in [0, 0.1) is 0 Å². The van der Waals surface area contributed by atoms with Crippen LogP contribution in [0.3, 0.4) is 0 Å². The van der Waals surface area contributed by atoms with E-state index in [-0.39, 0.29) is 38.6 Å². The summed E-state index contributed by atoms with van der Waals surface area (Å²) in [5, 5.41) is 9.77. The Labute approximate surface area is 288 Å². The number of amides is 4. The van der Waals surface area contributed by atoms with Crippen molar-refractivity contribution in [2.24, 2.45) is 0 Å². The first-order chi connectivity index (χ1) is 23.8. The Morgan fingerprint density at radius 1 is 0.760 bits per heavy atom. The summed E-state index contributed by atoms with van der Waals surface area (Å²) in [6.07, 6.45) is -1.83. The minimum atomic E-state index is -1.61. The highest BCUT2D eigenvalue weighted by atomic mass is 16.6. The number of rotatable bonds is 12. The minimum absolute atomic E-state index is 0.0847. The molecule has 50 heavy (non-hydrogen) atoms. The first-order valence-electron chi connectivity index (χ1n) is 16.4. The second-order valence-electron chi connectivity index (χ2n) is 13.2. The molecule has 2 aliphatic heterocycles. The van der Waals surface area contributed by atoms with E-state index in [0.717, 1.165) is 22.3 Å². The van der Waals surface area contributed by atoms with Gasteiger partial charge in [0.15, 0.2) is 0 Å². The summed E-state index contributed by atoms with van der Waals surface area (Å²) in [5.74, 6) is -5.03. The number of hydrogen-bond acceptors (Lipinski definition) is 11. The normalized spacial score (nSPS) is 19.2. The molecule has 0 unspecified atom stereocenters. The molecule has 0 bridgehead atoms. The second-order valence-corrected chi connectivity index (χ2v) is 13.2. The number of cyclic esters (lactones) is 2. The molecule has 2 fully saturated rings. The van der Waals surface area contributed by atoms with E-state index in [1.54, 1.807) is 20.8 Å². The van der Waals surface area contributed by atoms with Crippen LogP contribution in [0.15, 0.2) is 48.5 Å². The van der Waals surface area contributed by atoms with Crippen molar-refractivity contribution in [2.75, 3.05) is 19.8 Å². The van der Waals surface area contributed by atoms with Crippen LogP contribution in [0.1, 0.15) is 63.5 Å².